The van der Waals surface area contributed by atoms with Crippen LogP contribution >= 0.6 is 22.9 Å². The van der Waals surface area contributed by atoms with Gasteiger partial charge in [-0.3, -0.25) is 4.79 Å². The van der Waals surface area contributed by atoms with Gasteiger partial charge in [0.1, 0.15) is 0 Å². The van der Waals surface area contributed by atoms with Crippen molar-refractivity contribution in [1.29, 1.82) is 0 Å². The fraction of sp³-hybridized carbons (Fsp3) is 0. The quantitative estimate of drug-likeness (QED) is 0.670. The second-order valence-corrected chi connectivity index (χ2v) is 5.27. The molecule has 0 spiro atoms. The molecule has 1 N–H and O–H groups in total. The molecule has 0 saturated heterocycles. The summed E-state index contributed by atoms with van der Waals surface area (Å²) < 4.78 is 0. The topological polar surface area (TPSA) is 53.8 Å². The van der Waals surface area contributed by atoms with E-state index >= 15 is 0 Å². The third kappa shape index (κ3) is 2.43. The zero-order valence-corrected chi connectivity index (χ0v) is 11.2. The molecule has 19 heavy (non-hydrogen) atoms. The molecule has 0 fully saturated rings. The van der Waals surface area contributed by atoms with Crippen molar-refractivity contribution in [2.75, 3.05) is 5.32 Å². The molecule has 4 nitrogen and oxygen atoms in total. The van der Waals surface area contributed by atoms with E-state index in [0.717, 1.165) is 4.88 Å². The minimum absolute atomic E-state index is 0.263. The zero-order chi connectivity index (χ0) is 13.2. The molecule has 1 aliphatic rings. The molecule has 0 radical (unpaired) electrons. The van der Waals surface area contributed by atoms with Gasteiger partial charge in [0.05, 0.1) is 11.9 Å². The van der Waals surface area contributed by atoms with Gasteiger partial charge in [0.25, 0.3) is 5.91 Å². The molecular weight excluding hydrogens is 282 g/mol. The molecule has 3 rings (SSSR count). The second-order valence-electron chi connectivity index (χ2n) is 3.85. The number of fused-ring (bicyclic) bond motifs is 1. The molecule has 2 aromatic rings. The van der Waals surface area contributed by atoms with Crippen molar-refractivity contribution in [3.8, 4) is 0 Å². The molecule has 1 aromatic heterocycles. The first kappa shape index (κ1) is 12.1. The molecule has 0 bridgehead atoms. The lowest BCUT2D eigenvalue weighted by atomic mass is 10.1. The van der Waals surface area contributed by atoms with Crippen LogP contribution in [0.25, 0.3) is 0 Å². The first-order chi connectivity index (χ1) is 9.24. The van der Waals surface area contributed by atoms with Gasteiger partial charge in [-0.1, -0.05) is 17.7 Å². The number of hydrogen-bond acceptors (Lipinski definition) is 4. The molecule has 0 aliphatic carbocycles. The standard InChI is InChI=1S/C13H8ClN3OS/c14-8-3-4-11-10(6-8)12(13(18)16-11)17-15-7-9-2-1-5-19-9/h1-7H,(H,16,17,18)/b15-7-. The van der Waals surface area contributed by atoms with E-state index < -0.39 is 0 Å². The van der Waals surface area contributed by atoms with Gasteiger partial charge in [-0.2, -0.15) is 5.10 Å². The normalized spacial score (nSPS) is 16.1. The average molecular weight is 290 g/mol. The molecule has 1 aliphatic heterocycles. The van der Waals surface area contributed by atoms with Crippen molar-refractivity contribution >= 4 is 46.5 Å². The molecule has 0 unspecified atom stereocenters. The maximum absolute atomic E-state index is 11.8. The minimum atomic E-state index is -0.263. The summed E-state index contributed by atoms with van der Waals surface area (Å²) in [7, 11) is 0. The van der Waals surface area contributed by atoms with Gasteiger partial charge < -0.3 is 5.32 Å². The fourth-order valence-electron chi connectivity index (χ4n) is 1.73. The minimum Gasteiger partial charge on any atom is -0.320 e. The summed E-state index contributed by atoms with van der Waals surface area (Å²) in [5.74, 6) is -0.263. The highest BCUT2D eigenvalue weighted by molar-refractivity contribution is 7.11. The van der Waals surface area contributed by atoms with Crippen molar-refractivity contribution in [1.82, 2.24) is 0 Å². The van der Waals surface area contributed by atoms with Gasteiger partial charge in [-0.15, -0.1) is 16.4 Å². The van der Waals surface area contributed by atoms with Gasteiger partial charge >= 0.3 is 0 Å². The SMILES string of the molecule is O=C1Nc2ccc(Cl)cc2/C1=N\N=C/c1cccs1. The zero-order valence-electron chi connectivity index (χ0n) is 9.63. The molecule has 0 saturated carbocycles. The lowest BCUT2D eigenvalue weighted by molar-refractivity contribution is -0.110. The van der Waals surface area contributed by atoms with Crippen LogP contribution in [-0.2, 0) is 4.79 Å². The monoisotopic (exact) mass is 289 g/mol. The maximum Gasteiger partial charge on any atom is 0.276 e. The number of carbonyl (C=O) groups is 1. The Labute approximate surface area is 118 Å². The van der Waals surface area contributed by atoms with Crippen molar-refractivity contribution in [3.05, 3.63) is 51.2 Å². The molecule has 6 heteroatoms. The smallest absolute Gasteiger partial charge is 0.276 e. The van der Waals surface area contributed by atoms with Gasteiger partial charge in [0.15, 0.2) is 5.71 Å². The summed E-state index contributed by atoms with van der Waals surface area (Å²) in [6, 6.07) is 9.03. The molecule has 94 valence electrons. The Kier molecular flexibility index (Phi) is 3.15. The Hall–Kier alpha value is -1.98. The lowest BCUT2D eigenvalue weighted by Crippen LogP contribution is -2.13. The average Bonchev–Trinajstić information content (AvgIpc) is 2.99. The van der Waals surface area contributed by atoms with Crippen LogP contribution in [0.2, 0.25) is 5.02 Å². The maximum atomic E-state index is 11.8. The van der Waals surface area contributed by atoms with E-state index in [0.29, 0.717) is 16.3 Å². The van der Waals surface area contributed by atoms with E-state index in [1.54, 1.807) is 35.8 Å². The van der Waals surface area contributed by atoms with Crippen LogP contribution in [0, 0.1) is 0 Å². The van der Waals surface area contributed by atoms with E-state index in [4.69, 9.17) is 11.6 Å². The number of thiophene rings is 1. The van der Waals surface area contributed by atoms with Crippen molar-refractivity contribution < 1.29 is 4.79 Å². The Bertz CT molecular complexity index is 692. The predicted octanol–water partition coefficient (Wildman–Crippen LogP) is 3.18. The third-order valence-corrected chi connectivity index (χ3v) is 3.63. The van der Waals surface area contributed by atoms with Gasteiger partial charge in [-0.25, -0.2) is 0 Å². The number of halogens is 1. The first-order valence-electron chi connectivity index (χ1n) is 5.50. The second kappa shape index (κ2) is 4.95. The van der Waals surface area contributed by atoms with Gasteiger partial charge in [-0.05, 0) is 29.6 Å². The van der Waals surface area contributed by atoms with E-state index in [1.807, 2.05) is 17.5 Å². The van der Waals surface area contributed by atoms with E-state index in [9.17, 15) is 4.79 Å². The van der Waals surface area contributed by atoms with E-state index in [2.05, 4.69) is 15.5 Å². The summed E-state index contributed by atoms with van der Waals surface area (Å²) in [6.07, 6.45) is 1.62. The number of benzene rings is 1. The van der Waals surface area contributed by atoms with Gasteiger partial charge in [0.2, 0.25) is 0 Å². The van der Waals surface area contributed by atoms with Crippen LogP contribution in [0.1, 0.15) is 10.4 Å². The number of amides is 1. The van der Waals surface area contributed by atoms with Crippen LogP contribution in [0.3, 0.4) is 0 Å². The van der Waals surface area contributed by atoms with E-state index in [-0.39, 0.29) is 11.6 Å². The van der Waals surface area contributed by atoms with Crippen molar-refractivity contribution in [2.24, 2.45) is 10.2 Å². The predicted molar refractivity (Wildman–Crippen MR) is 78.5 cm³/mol. The fourth-order valence-corrected chi connectivity index (χ4v) is 2.48. The van der Waals surface area contributed by atoms with Gasteiger partial charge in [0, 0.05) is 15.5 Å². The number of carbonyl (C=O) groups excluding carboxylic acids is 1. The summed E-state index contributed by atoms with van der Waals surface area (Å²) in [4.78, 5) is 12.8. The van der Waals surface area contributed by atoms with Crippen LogP contribution in [-0.4, -0.2) is 17.8 Å². The highest BCUT2D eigenvalue weighted by atomic mass is 35.5. The summed E-state index contributed by atoms with van der Waals surface area (Å²) in [5.41, 5.74) is 1.67. The molecule has 1 amide bonds. The molecule has 1 aromatic carbocycles. The Morgan fingerprint density at radius 2 is 2.21 bits per heavy atom. The third-order valence-electron chi connectivity index (χ3n) is 2.59. The van der Waals surface area contributed by atoms with Crippen LogP contribution in [0.4, 0.5) is 5.69 Å². The molecule has 0 atom stereocenters. The number of nitrogens with zero attached hydrogens (tertiary/aromatic N) is 2. The van der Waals surface area contributed by atoms with E-state index in [1.165, 1.54) is 0 Å². The molecule has 2 heterocycles. The van der Waals surface area contributed by atoms with Crippen LogP contribution in [0.15, 0.2) is 45.9 Å². The van der Waals surface area contributed by atoms with Crippen molar-refractivity contribution in [3.63, 3.8) is 0 Å². The Morgan fingerprint density at radius 3 is 3.00 bits per heavy atom. The lowest BCUT2D eigenvalue weighted by Gasteiger charge is -1.96. The molecular formula is C13H8ClN3OS. The Balaban J connectivity index is 1.93. The Morgan fingerprint density at radius 1 is 1.32 bits per heavy atom. The number of rotatable bonds is 2. The number of hydrogen-bond donors (Lipinski definition) is 1. The van der Waals surface area contributed by atoms with Crippen LogP contribution < -0.4 is 5.32 Å². The summed E-state index contributed by atoms with van der Waals surface area (Å²) in [6.45, 7) is 0. The summed E-state index contributed by atoms with van der Waals surface area (Å²) >= 11 is 7.47. The highest BCUT2D eigenvalue weighted by Crippen LogP contribution is 2.26. The van der Waals surface area contributed by atoms with Crippen molar-refractivity contribution in [2.45, 2.75) is 0 Å². The number of anilines is 1. The largest absolute Gasteiger partial charge is 0.320 e. The highest BCUT2D eigenvalue weighted by Gasteiger charge is 2.26. The summed E-state index contributed by atoms with van der Waals surface area (Å²) in [5, 5.41) is 13.2. The number of nitrogens with one attached hydrogen (secondary N) is 1. The first-order valence-corrected chi connectivity index (χ1v) is 6.75. The van der Waals surface area contributed by atoms with Crippen LogP contribution in [0.5, 0.6) is 0 Å².